The molecule has 0 N–H and O–H groups in total. The number of hydrogen-bond acceptors (Lipinski definition) is 1. The van der Waals surface area contributed by atoms with E-state index in [4.69, 9.17) is 0 Å². The minimum Gasteiger partial charge on any atom is -0.295 e. The number of halogens is 2. The molecule has 0 aliphatic carbocycles. The molecule has 134 valence electrons. The van der Waals surface area contributed by atoms with E-state index in [0.717, 1.165) is 43.7 Å². The van der Waals surface area contributed by atoms with Crippen LogP contribution in [0, 0.1) is 5.41 Å². The molecular formula is C21H30F2O. The number of rotatable bonds is 8. The van der Waals surface area contributed by atoms with Crippen molar-refractivity contribution in [2.24, 2.45) is 5.41 Å². The highest BCUT2D eigenvalue weighted by molar-refractivity contribution is 5.94. The Labute approximate surface area is 145 Å². The molecule has 0 atom stereocenters. The Morgan fingerprint density at radius 1 is 1.04 bits per heavy atom. The van der Waals surface area contributed by atoms with Gasteiger partial charge in [0.15, 0.2) is 5.78 Å². The van der Waals surface area contributed by atoms with Crippen molar-refractivity contribution in [3.8, 4) is 0 Å². The van der Waals surface area contributed by atoms with Crippen molar-refractivity contribution in [3.63, 3.8) is 0 Å². The summed E-state index contributed by atoms with van der Waals surface area (Å²) in [5.41, 5.74) is 3.17. The Balaban J connectivity index is 2.77. The number of carbonyl (C=O) groups is 1. The van der Waals surface area contributed by atoms with Crippen LogP contribution >= 0.6 is 0 Å². The molecule has 1 rings (SSSR count). The summed E-state index contributed by atoms with van der Waals surface area (Å²) in [5, 5.41) is 0. The first-order valence-corrected chi connectivity index (χ1v) is 8.67. The van der Waals surface area contributed by atoms with Gasteiger partial charge >= 0.3 is 0 Å². The first-order valence-electron chi connectivity index (χ1n) is 8.67. The molecule has 1 aromatic rings. The van der Waals surface area contributed by atoms with Gasteiger partial charge < -0.3 is 0 Å². The van der Waals surface area contributed by atoms with Crippen LogP contribution in [-0.4, -0.2) is 5.78 Å². The van der Waals surface area contributed by atoms with Gasteiger partial charge in [0.25, 0.3) is 5.92 Å². The first kappa shape index (κ1) is 20.5. The molecular weight excluding hydrogens is 306 g/mol. The van der Waals surface area contributed by atoms with Crippen molar-refractivity contribution in [1.82, 2.24) is 0 Å². The van der Waals surface area contributed by atoms with E-state index < -0.39 is 5.92 Å². The zero-order valence-electron chi connectivity index (χ0n) is 15.8. The summed E-state index contributed by atoms with van der Waals surface area (Å²) >= 11 is 0. The van der Waals surface area contributed by atoms with Crippen LogP contribution < -0.4 is 0 Å². The number of allylic oxidation sites excluding steroid dienone is 2. The number of carbonyl (C=O) groups excluding carboxylic acids is 1. The molecule has 0 amide bonds. The van der Waals surface area contributed by atoms with Crippen molar-refractivity contribution < 1.29 is 13.6 Å². The van der Waals surface area contributed by atoms with Gasteiger partial charge in [0.05, 0.1) is 0 Å². The van der Waals surface area contributed by atoms with E-state index in [2.05, 4.69) is 27.7 Å². The molecule has 3 heteroatoms. The third-order valence-electron chi connectivity index (χ3n) is 5.13. The minimum absolute atomic E-state index is 0.0232. The normalized spacial score (nSPS) is 13.7. The number of alkyl halides is 2. The molecule has 0 aromatic heterocycles. The molecule has 0 unspecified atom stereocenters. The molecule has 1 aromatic carbocycles. The molecule has 0 saturated heterocycles. The fraction of sp³-hybridized carbons (Fsp3) is 0.571. The van der Waals surface area contributed by atoms with Crippen molar-refractivity contribution in [2.75, 3.05) is 0 Å². The smallest absolute Gasteiger partial charge is 0.270 e. The SMILES string of the molecule is CCC(C)(C)/C(C)=C(\CCCc1ccc(C(C)(F)F)cc1)C(C)=O. The first-order chi connectivity index (χ1) is 11.0. The number of aryl methyl sites for hydroxylation is 1. The summed E-state index contributed by atoms with van der Waals surface area (Å²) < 4.78 is 26.4. The van der Waals surface area contributed by atoms with Gasteiger partial charge in [-0.15, -0.1) is 0 Å². The van der Waals surface area contributed by atoms with Crippen LogP contribution in [0.15, 0.2) is 35.4 Å². The highest BCUT2D eigenvalue weighted by Gasteiger charge is 2.24. The minimum atomic E-state index is -2.80. The summed E-state index contributed by atoms with van der Waals surface area (Å²) in [6.45, 7) is 11.0. The maximum atomic E-state index is 13.2. The zero-order valence-corrected chi connectivity index (χ0v) is 15.8. The third kappa shape index (κ3) is 5.54. The van der Waals surface area contributed by atoms with Gasteiger partial charge in [0, 0.05) is 12.5 Å². The van der Waals surface area contributed by atoms with Gasteiger partial charge in [-0.2, -0.15) is 0 Å². The van der Waals surface area contributed by atoms with Crippen molar-refractivity contribution >= 4 is 5.78 Å². The average molecular weight is 336 g/mol. The van der Waals surface area contributed by atoms with Gasteiger partial charge in [0.2, 0.25) is 0 Å². The average Bonchev–Trinajstić information content (AvgIpc) is 2.50. The number of hydrogen-bond donors (Lipinski definition) is 0. The van der Waals surface area contributed by atoms with Crippen molar-refractivity contribution in [1.29, 1.82) is 0 Å². The van der Waals surface area contributed by atoms with Crippen LogP contribution in [0.4, 0.5) is 8.78 Å². The molecule has 0 aliphatic rings. The predicted molar refractivity (Wildman–Crippen MR) is 96.4 cm³/mol. The molecule has 0 spiro atoms. The van der Waals surface area contributed by atoms with Crippen LogP contribution in [0.1, 0.15) is 71.9 Å². The largest absolute Gasteiger partial charge is 0.295 e. The molecule has 1 nitrogen and oxygen atoms in total. The second-order valence-electron chi connectivity index (χ2n) is 7.34. The molecule has 0 heterocycles. The van der Waals surface area contributed by atoms with E-state index >= 15 is 0 Å². The van der Waals surface area contributed by atoms with Crippen LogP contribution in [0.25, 0.3) is 0 Å². The van der Waals surface area contributed by atoms with Crippen LogP contribution in [0.3, 0.4) is 0 Å². The Morgan fingerprint density at radius 2 is 1.58 bits per heavy atom. The summed E-state index contributed by atoms with van der Waals surface area (Å²) in [6, 6.07) is 6.49. The van der Waals surface area contributed by atoms with E-state index in [0.29, 0.717) is 0 Å². The number of ketones is 1. The van der Waals surface area contributed by atoms with Gasteiger partial charge in [-0.25, -0.2) is 8.78 Å². The monoisotopic (exact) mass is 336 g/mol. The van der Waals surface area contributed by atoms with E-state index in [-0.39, 0.29) is 16.8 Å². The molecule has 0 bridgehead atoms. The Bertz CT molecular complexity index is 589. The lowest BCUT2D eigenvalue weighted by Crippen LogP contribution is -2.16. The van der Waals surface area contributed by atoms with E-state index in [1.54, 1.807) is 19.1 Å². The standard InChI is InChI=1S/C21H30F2O/c1-7-20(4,5)15(2)19(16(3)24)10-8-9-17-11-13-18(14-12-17)21(6,22)23/h11-14H,7-10H2,1-6H3/b19-15+. The number of benzene rings is 1. The molecule has 0 saturated carbocycles. The quantitative estimate of drug-likeness (QED) is 0.498. The van der Waals surface area contributed by atoms with Crippen LogP contribution in [0.5, 0.6) is 0 Å². The highest BCUT2D eigenvalue weighted by Crippen LogP contribution is 2.33. The van der Waals surface area contributed by atoms with Gasteiger partial charge in [-0.05, 0) is 56.1 Å². The molecule has 0 fully saturated rings. The maximum Gasteiger partial charge on any atom is 0.270 e. The van der Waals surface area contributed by atoms with Crippen LogP contribution in [0.2, 0.25) is 0 Å². The lowest BCUT2D eigenvalue weighted by Gasteiger charge is -2.26. The van der Waals surface area contributed by atoms with Gasteiger partial charge in [0.1, 0.15) is 0 Å². The molecule has 24 heavy (non-hydrogen) atoms. The maximum absolute atomic E-state index is 13.2. The topological polar surface area (TPSA) is 17.1 Å². The Kier molecular flexibility index (Phi) is 6.88. The Morgan fingerprint density at radius 3 is 2.00 bits per heavy atom. The fourth-order valence-corrected chi connectivity index (χ4v) is 2.73. The second kappa shape index (κ2) is 8.04. The van der Waals surface area contributed by atoms with E-state index in [9.17, 15) is 13.6 Å². The second-order valence-corrected chi connectivity index (χ2v) is 7.34. The lowest BCUT2D eigenvalue weighted by atomic mass is 9.78. The zero-order chi connectivity index (χ0) is 18.5. The van der Waals surface area contributed by atoms with Gasteiger partial charge in [-0.3, -0.25) is 4.79 Å². The summed E-state index contributed by atoms with van der Waals surface area (Å²) in [6.07, 6.45) is 3.35. The summed E-state index contributed by atoms with van der Waals surface area (Å²) in [4.78, 5) is 12.0. The Hall–Kier alpha value is -1.51. The summed E-state index contributed by atoms with van der Waals surface area (Å²) in [7, 11) is 0. The third-order valence-corrected chi connectivity index (χ3v) is 5.13. The predicted octanol–water partition coefficient (Wildman–Crippen LogP) is 6.46. The van der Waals surface area contributed by atoms with Crippen molar-refractivity contribution in [2.45, 2.75) is 73.1 Å². The fourth-order valence-electron chi connectivity index (χ4n) is 2.73. The highest BCUT2D eigenvalue weighted by atomic mass is 19.3. The van der Waals surface area contributed by atoms with Crippen molar-refractivity contribution in [3.05, 3.63) is 46.5 Å². The van der Waals surface area contributed by atoms with Crippen LogP contribution in [-0.2, 0) is 17.1 Å². The van der Waals surface area contributed by atoms with Gasteiger partial charge in [-0.1, -0.05) is 50.6 Å². The lowest BCUT2D eigenvalue weighted by molar-refractivity contribution is -0.113. The van der Waals surface area contributed by atoms with E-state index in [1.807, 2.05) is 0 Å². The van der Waals surface area contributed by atoms with E-state index in [1.165, 1.54) is 17.7 Å². The summed E-state index contributed by atoms with van der Waals surface area (Å²) in [5.74, 6) is -2.67. The molecule has 0 aliphatic heterocycles. The number of Topliss-reactive ketones (excluding diaryl/α,β-unsaturated/α-hetero) is 1. The molecule has 0 radical (unpaired) electrons.